The molecule has 18 heavy (non-hydrogen) atoms. The van der Waals surface area contributed by atoms with Crippen LogP contribution >= 0.6 is 27.5 Å². The van der Waals surface area contributed by atoms with E-state index in [0.717, 1.165) is 11.3 Å². The number of hydrogen-bond acceptors (Lipinski definition) is 4. The Kier molecular flexibility index (Phi) is 4.04. The van der Waals surface area contributed by atoms with Crippen LogP contribution in [0.4, 0.5) is 11.6 Å². The van der Waals surface area contributed by atoms with Crippen LogP contribution in [0.3, 0.4) is 0 Å². The normalized spacial score (nSPS) is 10.2. The molecule has 6 heteroatoms. The van der Waals surface area contributed by atoms with E-state index in [0.29, 0.717) is 21.3 Å². The first kappa shape index (κ1) is 13.1. The van der Waals surface area contributed by atoms with Crippen LogP contribution in [0.5, 0.6) is 5.88 Å². The second-order valence-corrected chi connectivity index (χ2v) is 4.92. The van der Waals surface area contributed by atoms with Crippen LogP contribution in [-0.4, -0.2) is 17.1 Å². The van der Waals surface area contributed by atoms with E-state index in [4.69, 9.17) is 16.3 Å². The van der Waals surface area contributed by atoms with Crippen LogP contribution in [0.1, 0.15) is 5.56 Å². The van der Waals surface area contributed by atoms with Crippen LogP contribution < -0.4 is 10.1 Å². The lowest BCUT2D eigenvalue weighted by atomic mass is 10.2. The van der Waals surface area contributed by atoms with Gasteiger partial charge in [0.1, 0.15) is 0 Å². The Hall–Kier alpha value is -1.33. The molecule has 1 aromatic carbocycles. The number of halogens is 2. The van der Waals surface area contributed by atoms with Gasteiger partial charge in [0.2, 0.25) is 11.8 Å². The minimum atomic E-state index is 0.433. The summed E-state index contributed by atoms with van der Waals surface area (Å²) in [6, 6.07) is 5.70. The minimum absolute atomic E-state index is 0.433. The lowest BCUT2D eigenvalue weighted by Crippen LogP contribution is -2.00. The molecule has 0 aliphatic rings. The van der Waals surface area contributed by atoms with Crippen LogP contribution in [0.15, 0.2) is 28.9 Å². The van der Waals surface area contributed by atoms with Crippen molar-refractivity contribution in [3.05, 3.63) is 39.5 Å². The maximum absolute atomic E-state index is 6.09. The average molecular weight is 329 g/mol. The number of rotatable bonds is 3. The molecule has 0 bridgehead atoms. The fourth-order valence-corrected chi connectivity index (χ4v) is 1.93. The zero-order chi connectivity index (χ0) is 13.1. The Bertz CT molecular complexity index is 577. The maximum atomic E-state index is 6.09. The van der Waals surface area contributed by atoms with Crippen LogP contribution in [-0.2, 0) is 0 Å². The molecule has 1 heterocycles. The Morgan fingerprint density at radius 1 is 1.39 bits per heavy atom. The quantitative estimate of drug-likeness (QED) is 0.926. The molecule has 0 saturated heterocycles. The minimum Gasteiger partial charge on any atom is -0.480 e. The van der Waals surface area contributed by atoms with Crippen LogP contribution in [0.25, 0.3) is 0 Å². The monoisotopic (exact) mass is 327 g/mol. The highest BCUT2D eigenvalue weighted by Crippen LogP contribution is 2.27. The second kappa shape index (κ2) is 5.54. The number of anilines is 2. The molecule has 0 fully saturated rings. The summed E-state index contributed by atoms with van der Waals surface area (Å²) in [7, 11) is 1.55. The summed E-state index contributed by atoms with van der Waals surface area (Å²) in [6.07, 6.45) is 1.62. The summed E-state index contributed by atoms with van der Waals surface area (Å²) in [5, 5.41) is 3.68. The predicted molar refractivity (Wildman–Crippen MR) is 75.8 cm³/mol. The fraction of sp³-hybridized carbons (Fsp3) is 0.167. The van der Waals surface area contributed by atoms with Gasteiger partial charge in [0, 0.05) is 0 Å². The van der Waals surface area contributed by atoms with Crippen molar-refractivity contribution < 1.29 is 4.74 Å². The molecule has 0 aliphatic heterocycles. The zero-order valence-corrected chi connectivity index (χ0v) is 12.2. The lowest BCUT2D eigenvalue weighted by Gasteiger charge is -2.09. The van der Waals surface area contributed by atoms with Crippen LogP contribution in [0.2, 0.25) is 5.02 Å². The van der Waals surface area contributed by atoms with Gasteiger partial charge in [-0.3, -0.25) is 0 Å². The van der Waals surface area contributed by atoms with Gasteiger partial charge in [0.05, 0.1) is 28.5 Å². The largest absolute Gasteiger partial charge is 0.480 e. The third kappa shape index (κ3) is 2.91. The summed E-state index contributed by atoms with van der Waals surface area (Å²) < 4.78 is 5.81. The molecule has 94 valence electrons. The number of nitrogens with one attached hydrogen (secondary N) is 1. The smallest absolute Gasteiger partial charge is 0.232 e. The number of aryl methyl sites for hydroxylation is 1. The van der Waals surface area contributed by atoms with Crippen molar-refractivity contribution in [1.29, 1.82) is 0 Å². The topological polar surface area (TPSA) is 47.0 Å². The van der Waals surface area contributed by atoms with Gasteiger partial charge in [-0.1, -0.05) is 17.7 Å². The summed E-state index contributed by atoms with van der Waals surface area (Å²) in [6.45, 7) is 1.99. The van der Waals surface area contributed by atoms with Gasteiger partial charge < -0.3 is 10.1 Å². The van der Waals surface area contributed by atoms with E-state index in [-0.39, 0.29) is 0 Å². The van der Waals surface area contributed by atoms with E-state index in [1.165, 1.54) is 0 Å². The number of benzene rings is 1. The van der Waals surface area contributed by atoms with Gasteiger partial charge in [-0.2, -0.15) is 4.98 Å². The van der Waals surface area contributed by atoms with Crippen molar-refractivity contribution in [2.24, 2.45) is 0 Å². The molecule has 1 aromatic heterocycles. The highest BCUT2D eigenvalue weighted by molar-refractivity contribution is 9.10. The molecule has 0 aliphatic carbocycles. The Labute approximate surface area is 118 Å². The van der Waals surface area contributed by atoms with Crippen molar-refractivity contribution >= 4 is 39.2 Å². The van der Waals surface area contributed by atoms with E-state index in [1.807, 2.05) is 25.1 Å². The summed E-state index contributed by atoms with van der Waals surface area (Å²) in [4.78, 5) is 8.35. The van der Waals surface area contributed by atoms with Gasteiger partial charge in [0.15, 0.2) is 0 Å². The highest BCUT2D eigenvalue weighted by atomic mass is 79.9. The Morgan fingerprint density at radius 2 is 2.17 bits per heavy atom. The average Bonchev–Trinajstić information content (AvgIpc) is 2.36. The molecule has 0 amide bonds. The van der Waals surface area contributed by atoms with E-state index in [9.17, 15) is 0 Å². The third-order valence-corrected chi connectivity index (χ3v) is 3.15. The maximum Gasteiger partial charge on any atom is 0.232 e. The van der Waals surface area contributed by atoms with E-state index >= 15 is 0 Å². The molecule has 0 atom stereocenters. The standard InChI is InChI=1S/C12H11BrClN3O/c1-7-3-4-9(14)10(5-7)16-12-15-6-8(13)11(17-12)18-2/h3-6H,1-2H3,(H,15,16,17). The molecule has 0 unspecified atom stereocenters. The molecule has 0 radical (unpaired) electrons. The molecule has 2 rings (SSSR count). The molecule has 4 nitrogen and oxygen atoms in total. The SMILES string of the molecule is COc1nc(Nc2cc(C)ccc2Cl)ncc1Br. The summed E-state index contributed by atoms with van der Waals surface area (Å²) >= 11 is 9.39. The molecule has 1 N–H and O–H groups in total. The number of hydrogen-bond donors (Lipinski definition) is 1. The zero-order valence-electron chi connectivity index (χ0n) is 9.87. The summed E-state index contributed by atoms with van der Waals surface area (Å²) in [5.74, 6) is 0.902. The van der Waals surface area contributed by atoms with Crippen molar-refractivity contribution in [1.82, 2.24) is 9.97 Å². The molecule has 2 aromatic rings. The van der Waals surface area contributed by atoms with Gasteiger partial charge in [-0.15, -0.1) is 0 Å². The molecule has 0 saturated carbocycles. The molecular weight excluding hydrogens is 318 g/mol. The first-order valence-corrected chi connectivity index (χ1v) is 6.37. The molecular formula is C12H11BrClN3O. The van der Waals surface area contributed by atoms with Crippen molar-refractivity contribution in [3.8, 4) is 5.88 Å². The number of nitrogens with zero attached hydrogens (tertiary/aromatic N) is 2. The van der Waals surface area contributed by atoms with Gasteiger partial charge in [-0.25, -0.2) is 4.98 Å². The lowest BCUT2D eigenvalue weighted by molar-refractivity contribution is 0.394. The molecule has 0 spiro atoms. The number of methoxy groups -OCH3 is 1. The van der Waals surface area contributed by atoms with Gasteiger partial charge >= 0.3 is 0 Å². The van der Waals surface area contributed by atoms with E-state index < -0.39 is 0 Å². The fourth-order valence-electron chi connectivity index (χ4n) is 1.41. The predicted octanol–water partition coefficient (Wildman–Crippen LogP) is 3.95. The van der Waals surface area contributed by atoms with Gasteiger partial charge in [0.25, 0.3) is 0 Å². The summed E-state index contributed by atoms with van der Waals surface area (Å²) in [5.41, 5.74) is 1.87. The van der Waals surface area contributed by atoms with E-state index in [2.05, 4.69) is 31.2 Å². The Morgan fingerprint density at radius 3 is 2.89 bits per heavy atom. The third-order valence-electron chi connectivity index (χ3n) is 2.27. The van der Waals surface area contributed by atoms with Crippen molar-refractivity contribution in [3.63, 3.8) is 0 Å². The van der Waals surface area contributed by atoms with Crippen molar-refractivity contribution in [2.45, 2.75) is 6.92 Å². The number of ether oxygens (including phenoxy) is 1. The van der Waals surface area contributed by atoms with E-state index in [1.54, 1.807) is 13.3 Å². The first-order chi connectivity index (χ1) is 8.60. The van der Waals surface area contributed by atoms with Crippen LogP contribution in [0, 0.1) is 6.92 Å². The highest BCUT2D eigenvalue weighted by Gasteiger charge is 2.07. The Balaban J connectivity index is 2.31. The van der Waals surface area contributed by atoms with Crippen molar-refractivity contribution in [2.75, 3.05) is 12.4 Å². The second-order valence-electron chi connectivity index (χ2n) is 3.66. The number of aromatic nitrogens is 2. The van der Waals surface area contributed by atoms with Gasteiger partial charge in [-0.05, 0) is 40.5 Å². The first-order valence-electron chi connectivity index (χ1n) is 5.20.